The Morgan fingerprint density at radius 3 is 2.80 bits per heavy atom. The zero-order chi connectivity index (χ0) is 11.0. The highest BCUT2D eigenvalue weighted by Gasteiger charge is 2.37. The van der Waals surface area contributed by atoms with Gasteiger partial charge in [-0.15, -0.1) is 0 Å². The van der Waals surface area contributed by atoms with E-state index < -0.39 is 0 Å². The zero-order valence-corrected chi connectivity index (χ0v) is 9.98. The van der Waals surface area contributed by atoms with E-state index in [0.717, 1.165) is 6.42 Å². The van der Waals surface area contributed by atoms with Gasteiger partial charge in [-0.3, -0.25) is 0 Å². The first-order valence-electron chi connectivity index (χ1n) is 6.21. The Morgan fingerprint density at radius 2 is 2.13 bits per heavy atom. The molecule has 1 heteroatoms. The van der Waals surface area contributed by atoms with Gasteiger partial charge in [0.2, 0.25) is 0 Å². The predicted molar refractivity (Wildman–Crippen MR) is 63.4 cm³/mol. The van der Waals surface area contributed by atoms with Crippen LogP contribution in [0.5, 0.6) is 0 Å². The summed E-state index contributed by atoms with van der Waals surface area (Å²) in [6.07, 6.45) is 8.87. The SMILES string of the molecule is CCC1[C@@H](C)C=CC2=C[C@H](C)C[C@H](O)[C@@H]21. The molecule has 2 aliphatic carbocycles. The number of aliphatic hydroxyl groups excluding tert-OH is 1. The normalized spacial score (nSPS) is 44.8. The van der Waals surface area contributed by atoms with Crippen molar-refractivity contribution >= 4 is 0 Å². The standard InChI is InChI=1S/C14H22O/c1-4-12-10(3)5-6-11-7-9(2)8-13(15)14(11)12/h5-7,9-10,12-15H,4,8H2,1-3H3/t9-,10-,12?,13-,14-/m0/s1. The summed E-state index contributed by atoms with van der Waals surface area (Å²) in [5.74, 6) is 2.16. The molecular formula is C14H22O. The highest BCUT2D eigenvalue weighted by Crippen LogP contribution is 2.42. The predicted octanol–water partition coefficient (Wildman–Crippen LogP) is 3.16. The van der Waals surface area contributed by atoms with Crippen molar-refractivity contribution in [2.24, 2.45) is 23.7 Å². The maximum Gasteiger partial charge on any atom is 0.0617 e. The maximum atomic E-state index is 10.2. The number of rotatable bonds is 1. The molecule has 1 N–H and O–H groups in total. The summed E-state index contributed by atoms with van der Waals surface area (Å²) in [5.41, 5.74) is 1.38. The molecule has 0 saturated heterocycles. The van der Waals surface area contributed by atoms with E-state index in [4.69, 9.17) is 0 Å². The third kappa shape index (κ3) is 1.90. The summed E-state index contributed by atoms with van der Waals surface area (Å²) in [7, 11) is 0. The van der Waals surface area contributed by atoms with Gasteiger partial charge in [0.05, 0.1) is 6.10 Å². The van der Waals surface area contributed by atoms with Gasteiger partial charge in [-0.25, -0.2) is 0 Å². The van der Waals surface area contributed by atoms with Gasteiger partial charge < -0.3 is 5.11 Å². The van der Waals surface area contributed by atoms with Gasteiger partial charge >= 0.3 is 0 Å². The molecule has 84 valence electrons. The molecule has 0 spiro atoms. The number of hydrogen-bond donors (Lipinski definition) is 1. The molecule has 2 rings (SSSR count). The quantitative estimate of drug-likeness (QED) is 0.698. The molecule has 0 aliphatic heterocycles. The molecule has 1 nitrogen and oxygen atoms in total. The first kappa shape index (κ1) is 10.9. The summed E-state index contributed by atoms with van der Waals surface area (Å²) in [6, 6.07) is 0. The van der Waals surface area contributed by atoms with Crippen LogP contribution < -0.4 is 0 Å². The second-order valence-corrected chi connectivity index (χ2v) is 5.26. The number of hydrogen-bond acceptors (Lipinski definition) is 1. The Bertz CT molecular complexity index is 290. The van der Waals surface area contributed by atoms with E-state index in [0.29, 0.717) is 23.7 Å². The van der Waals surface area contributed by atoms with Crippen LogP contribution in [-0.4, -0.2) is 11.2 Å². The fraction of sp³-hybridized carbons (Fsp3) is 0.714. The lowest BCUT2D eigenvalue weighted by atomic mass is 9.66. The van der Waals surface area contributed by atoms with Crippen molar-refractivity contribution in [3.63, 3.8) is 0 Å². The van der Waals surface area contributed by atoms with E-state index in [-0.39, 0.29) is 6.10 Å². The van der Waals surface area contributed by atoms with Crippen molar-refractivity contribution < 1.29 is 5.11 Å². The molecule has 5 atom stereocenters. The Morgan fingerprint density at radius 1 is 1.40 bits per heavy atom. The van der Waals surface area contributed by atoms with Crippen LogP contribution in [-0.2, 0) is 0 Å². The topological polar surface area (TPSA) is 20.2 Å². The average molecular weight is 206 g/mol. The van der Waals surface area contributed by atoms with Gasteiger partial charge in [0.15, 0.2) is 0 Å². The third-order valence-corrected chi connectivity index (χ3v) is 4.09. The lowest BCUT2D eigenvalue weighted by Crippen LogP contribution is -2.37. The van der Waals surface area contributed by atoms with Crippen molar-refractivity contribution in [2.75, 3.05) is 0 Å². The van der Waals surface area contributed by atoms with Crippen LogP contribution in [0.1, 0.15) is 33.6 Å². The Labute approximate surface area is 92.9 Å². The summed E-state index contributed by atoms with van der Waals surface area (Å²) in [4.78, 5) is 0. The first-order chi connectivity index (χ1) is 7.13. The third-order valence-electron chi connectivity index (χ3n) is 4.09. The van der Waals surface area contributed by atoms with Crippen LogP contribution in [0.4, 0.5) is 0 Å². The van der Waals surface area contributed by atoms with Gasteiger partial charge in [-0.1, -0.05) is 45.4 Å². The number of allylic oxidation sites excluding steroid dienone is 3. The molecule has 0 heterocycles. The van der Waals surface area contributed by atoms with Crippen LogP contribution in [0.3, 0.4) is 0 Å². The van der Waals surface area contributed by atoms with Crippen LogP contribution in [0.15, 0.2) is 23.8 Å². The minimum absolute atomic E-state index is 0.127. The summed E-state index contributed by atoms with van der Waals surface area (Å²) < 4.78 is 0. The molecule has 0 radical (unpaired) electrons. The van der Waals surface area contributed by atoms with Gasteiger partial charge in [-0.2, -0.15) is 0 Å². The summed E-state index contributed by atoms with van der Waals surface area (Å²) in [5, 5.41) is 10.2. The van der Waals surface area contributed by atoms with E-state index in [1.54, 1.807) is 0 Å². The molecular weight excluding hydrogens is 184 g/mol. The van der Waals surface area contributed by atoms with Crippen LogP contribution >= 0.6 is 0 Å². The minimum atomic E-state index is -0.127. The molecule has 2 aliphatic rings. The van der Waals surface area contributed by atoms with Crippen molar-refractivity contribution in [1.82, 2.24) is 0 Å². The largest absolute Gasteiger partial charge is 0.392 e. The fourth-order valence-corrected chi connectivity index (χ4v) is 3.31. The molecule has 0 aromatic heterocycles. The van der Waals surface area contributed by atoms with Crippen molar-refractivity contribution in [1.29, 1.82) is 0 Å². The second-order valence-electron chi connectivity index (χ2n) is 5.26. The summed E-state index contributed by atoms with van der Waals surface area (Å²) >= 11 is 0. The Kier molecular flexibility index (Phi) is 3.01. The van der Waals surface area contributed by atoms with Crippen molar-refractivity contribution in [3.05, 3.63) is 23.8 Å². The van der Waals surface area contributed by atoms with Crippen LogP contribution in [0.25, 0.3) is 0 Å². The molecule has 0 saturated carbocycles. The van der Waals surface area contributed by atoms with E-state index in [9.17, 15) is 5.11 Å². The van der Waals surface area contributed by atoms with Gasteiger partial charge in [0.25, 0.3) is 0 Å². The lowest BCUT2D eigenvalue weighted by molar-refractivity contribution is 0.0550. The molecule has 1 unspecified atom stereocenters. The lowest BCUT2D eigenvalue weighted by Gasteiger charge is -2.41. The molecule has 0 aromatic rings. The zero-order valence-electron chi connectivity index (χ0n) is 9.98. The van der Waals surface area contributed by atoms with E-state index in [1.165, 1.54) is 12.0 Å². The maximum absolute atomic E-state index is 10.2. The van der Waals surface area contributed by atoms with Crippen LogP contribution in [0.2, 0.25) is 0 Å². The summed E-state index contributed by atoms with van der Waals surface area (Å²) in [6.45, 7) is 6.70. The highest BCUT2D eigenvalue weighted by atomic mass is 16.3. The number of aliphatic hydroxyl groups is 1. The van der Waals surface area contributed by atoms with Gasteiger partial charge in [0.1, 0.15) is 0 Å². The van der Waals surface area contributed by atoms with Crippen LogP contribution in [0, 0.1) is 23.7 Å². The highest BCUT2D eigenvalue weighted by molar-refractivity contribution is 5.31. The van der Waals surface area contributed by atoms with Gasteiger partial charge in [0, 0.05) is 5.92 Å². The van der Waals surface area contributed by atoms with E-state index >= 15 is 0 Å². The molecule has 0 amide bonds. The Hall–Kier alpha value is -0.560. The second kappa shape index (κ2) is 4.13. The van der Waals surface area contributed by atoms with Gasteiger partial charge in [-0.05, 0) is 29.7 Å². The Balaban J connectivity index is 2.33. The smallest absolute Gasteiger partial charge is 0.0617 e. The fourth-order valence-electron chi connectivity index (χ4n) is 3.31. The molecule has 0 bridgehead atoms. The van der Waals surface area contributed by atoms with E-state index in [2.05, 4.69) is 39.0 Å². The number of fused-ring (bicyclic) bond motifs is 1. The minimum Gasteiger partial charge on any atom is -0.392 e. The first-order valence-corrected chi connectivity index (χ1v) is 6.21. The van der Waals surface area contributed by atoms with E-state index in [1.807, 2.05) is 0 Å². The molecule has 0 aromatic carbocycles. The molecule has 15 heavy (non-hydrogen) atoms. The van der Waals surface area contributed by atoms with Crippen molar-refractivity contribution in [3.8, 4) is 0 Å². The average Bonchev–Trinajstić information content (AvgIpc) is 2.18. The monoisotopic (exact) mass is 206 g/mol. The molecule has 0 fully saturated rings. The van der Waals surface area contributed by atoms with Crippen molar-refractivity contribution in [2.45, 2.75) is 39.7 Å².